The maximum absolute atomic E-state index is 12.1. The van der Waals surface area contributed by atoms with Gasteiger partial charge >= 0.3 is 53.2 Å². The normalized spacial score (nSPS) is 14.7. The third kappa shape index (κ3) is 45.9. The Hall–Kier alpha value is -2.92. The van der Waals surface area contributed by atoms with Crippen molar-refractivity contribution in [2.24, 2.45) is 35.5 Å². The quantitative estimate of drug-likeness (QED) is 0.0236. The maximum Gasteiger partial charge on any atom is 3.00 e. The van der Waals surface area contributed by atoms with E-state index in [0.717, 1.165) is 154 Å². The second kappa shape index (κ2) is 53.0. The molecule has 0 aliphatic rings. The summed E-state index contributed by atoms with van der Waals surface area (Å²) in [4.78, 5) is 72.4. The van der Waals surface area contributed by atoms with Gasteiger partial charge in [-0.25, -0.2) is 25.3 Å². The first kappa shape index (κ1) is 88.5. The molecular weight excluding hydrogens is 1180 g/mol. The molecule has 21 nitrogen and oxygen atoms in total. The van der Waals surface area contributed by atoms with Crippen LogP contribution in [-0.4, -0.2) is 147 Å². The molecule has 0 rings (SSSR count). The predicted molar refractivity (Wildman–Crippen MR) is 326 cm³/mol. The molecule has 25 heteroatoms. The van der Waals surface area contributed by atoms with Crippen LogP contribution in [0.15, 0.2) is 0 Å². The Morgan fingerprint density at radius 3 is 0.576 bits per heavy atom. The van der Waals surface area contributed by atoms with Crippen LogP contribution in [0.4, 0.5) is 0 Å². The molecule has 0 aromatic carbocycles. The molecule has 0 spiro atoms. The van der Waals surface area contributed by atoms with Crippen molar-refractivity contribution in [3.05, 3.63) is 0 Å². The topological polar surface area (TPSA) is 329 Å². The summed E-state index contributed by atoms with van der Waals surface area (Å²) in [6.07, 6.45) is 19.7. The molecule has 0 amide bonds. The third-order valence-electron chi connectivity index (χ3n) is 15.0. The number of carbonyl (C=O) groups excluding carboxylic acids is 6. The molecule has 0 bridgehead atoms. The minimum absolute atomic E-state index is 0. The summed E-state index contributed by atoms with van der Waals surface area (Å²) < 4.78 is 134. The Balaban J connectivity index is -0.000000576. The van der Waals surface area contributed by atoms with Crippen molar-refractivity contribution in [3.8, 4) is 0 Å². The molecule has 0 fully saturated rings. The van der Waals surface area contributed by atoms with Crippen molar-refractivity contribution in [1.82, 2.24) is 0 Å². The number of unbranched alkanes of at least 4 members (excludes halogenated alkanes) is 6. The minimum Gasteiger partial charge on any atom is -0.747 e. The van der Waals surface area contributed by atoms with Gasteiger partial charge in [-0.15, -0.1) is 0 Å². The summed E-state index contributed by atoms with van der Waals surface area (Å²) in [7, 11) is -15.0. The van der Waals surface area contributed by atoms with Crippen molar-refractivity contribution in [2.45, 2.75) is 272 Å². The van der Waals surface area contributed by atoms with Crippen LogP contribution in [0.25, 0.3) is 0 Å². The van der Waals surface area contributed by atoms with Gasteiger partial charge in [0.15, 0.2) is 15.7 Å². The molecule has 9 atom stereocenters. The van der Waals surface area contributed by atoms with Crippen molar-refractivity contribution in [3.63, 3.8) is 0 Å². The largest absolute Gasteiger partial charge is 3.00 e. The fourth-order valence-corrected chi connectivity index (χ4v) is 10.4. The summed E-state index contributed by atoms with van der Waals surface area (Å²) >= 11 is 0. The smallest absolute Gasteiger partial charge is 0.747 e. The molecular formula is C60H111AlO21S3. The summed E-state index contributed by atoms with van der Waals surface area (Å²) in [6, 6.07) is 0. The van der Waals surface area contributed by atoms with Crippen LogP contribution in [0.1, 0.15) is 256 Å². The zero-order chi connectivity index (χ0) is 64.7. The van der Waals surface area contributed by atoms with Crippen LogP contribution >= 0.6 is 0 Å². The molecule has 0 saturated heterocycles. The van der Waals surface area contributed by atoms with Gasteiger partial charge in [0, 0.05) is 0 Å². The first-order valence-electron chi connectivity index (χ1n) is 31.4. The van der Waals surface area contributed by atoms with Gasteiger partial charge in [-0.05, 0) is 74.0 Å². The van der Waals surface area contributed by atoms with E-state index >= 15 is 0 Å². The second-order valence-electron chi connectivity index (χ2n) is 22.0. The van der Waals surface area contributed by atoms with Gasteiger partial charge in [0.05, 0.1) is 58.9 Å². The zero-order valence-corrected chi connectivity index (χ0v) is 57.5. The Kier molecular flexibility index (Phi) is 55.2. The Morgan fingerprint density at radius 2 is 0.447 bits per heavy atom. The van der Waals surface area contributed by atoms with Gasteiger partial charge in [-0.2, -0.15) is 0 Å². The van der Waals surface area contributed by atoms with E-state index in [1.54, 1.807) is 0 Å². The van der Waals surface area contributed by atoms with E-state index in [0.29, 0.717) is 0 Å². The first-order valence-corrected chi connectivity index (χ1v) is 35.8. The summed E-state index contributed by atoms with van der Waals surface area (Å²) in [6.45, 7) is 24.8. The van der Waals surface area contributed by atoms with Crippen LogP contribution < -0.4 is 0 Å². The SMILES string of the molecule is CCCCC(CC)COC(=O)CC(C(=O)OCC(CC)CCCC)S(=O)(=O)[O-].CCCCC(CC)COC(=O)CC(C(=O)OCC(CC)CCCC)S(=O)(=O)[O-].CCCCC(CC)COC(=O)CC(C(=O)OCC(CC)CCCC)S(=O)(=O)[O-].[Al+3]. The van der Waals surface area contributed by atoms with Gasteiger partial charge in [0.1, 0.15) is 30.4 Å². The molecule has 0 aliphatic carbocycles. The number of hydrogen-bond donors (Lipinski definition) is 0. The van der Waals surface area contributed by atoms with Gasteiger partial charge in [0.25, 0.3) is 0 Å². The zero-order valence-electron chi connectivity index (χ0n) is 53.9. The molecule has 0 heterocycles. The Labute approximate surface area is 524 Å². The van der Waals surface area contributed by atoms with E-state index in [2.05, 4.69) is 41.5 Å². The summed E-state index contributed by atoms with van der Waals surface area (Å²) in [5, 5.41) is -6.17. The van der Waals surface area contributed by atoms with Crippen LogP contribution in [0.3, 0.4) is 0 Å². The van der Waals surface area contributed by atoms with E-state index in [9.17, 15) is 67.7 Å². The van der Waals surface area contributed by atoms with E-state index < -0.39 is 101 Å². The van der Waals surface area contributed by atoms with Crippen LogP contribution in [0.5, 0.6) is 0 Å². The number of ether oxygens (including phenoxy) is 6. The van der Waals surface area contributed by atoms with Gasteiger partial charge in [0.2, 0.25) is 0 Å². The van der Waals surface area contributed by atoms with Gasteiger partial charge in [-0.3, -0.25) is 28.8 Å². The molecule has 9 unspecified atom stereocenters. The van der Waals surface area contributed by atoms with Gasteiger partial charge in [-0.1, -0.05) is 199 Å². The molecule has 498 valence electrons. The number of carbonyl (C=O) groups is 6. The van der Waals surface area contributed by atoms with Gasteiger partial charge < -0.3 is 42.1 Å². The molecule has 0 aromatic heterocycles. The number of rotatable bonds is 48. The maximum atomic E-state index is 12.1. The Morgan fingerprint density at radius 1 is 0.294 bits per heavy atom. The van der Waals surface area contributed by atoms with E-state index in [-0.39, 0.29) is 92.5 Å². The second-order valence-corrected chi connectivity index (χ2v) is 26.7. The summed E-state index contributed by atoms with van der Waals surface area (Å²) in [5.41, 5.74) is 0. The van der Waals surface area contributed by atoms with Crippen LogP contribution in [0.2, 0.25) is 0 Å². The molecule has 0 saturated carbocycles. The minimum atomic E-state index is -5.01. The van der Waals surface area contributed by atoms with Crippen molar-refractivity contribution < 1.29 is 96.1 Å². The Bertz CT molecular complexity index is 1880. The first-order chi connectivity index (χ1) is 39.6. The molecule has 0 radical (unpaired) electrons. The number of esters is 6. The van der Waals surface area contributed by atoms with Crippen LogP contribution in [-0.2, 0) is 87.5 Å². The molecule has 0 N–H and O–H groups in total. The average molecular weight is 1290 g/mol. The van der Waals surface area contributed by atoms with Crippen molar-refractivity contribution in [2.75, 3.05) is 39.6 Å². The fraction of sp³-hybridized carbons (Fsp3) is 0.900. The predicted octanol–water partition coefficient (Wildman–Crippen LogP) is 11.0. The number of hydrogen-bond acceptors (Lipinski definition) is 21. The monoisotopic (exact) mass is 1290 g/mol. The van der Waals surface area contributed by atoms with Crippen LogP contribution in [0, 0.1) is 35.5 Å². The van der Waals surface area contributed by atoms with E-state index in [1.165, 1.54) is 0 Å². The molecule has 0 aromatic rings. The standard InChI is InChI=1S/3C20H38O7S.Al/c3*1-5-9-11-16(7-3)14-26-19(21)13-18(28(23,24)25)20(22)27-15-17(8-4)12-10-6-2;/h3*16-18H,5-15H2,1-4H3,(H,23,24,25);/q;;;+3/p-3. The third-order valence-corrected chi connectivity index (χ3v) is 18.1. The van der Waals surface area contributed by atoms with Crippen molar-refractivity contribution in [1.29, 1.82) is 0 Å². The molecule has 0 aliphatic heterocycles. The fourth-order valence-electron chi connectivity index (χ4n) is 8.44. The van der Waals surface area contributed by atoms with E-state index in [1.807, 2.05) is 41.5 Å². The molecule has 85 heavy (non-hydrogen) atoms. The average Bonchev–Trinajstić information content (AvgIpc) is 3.64. The summed E-state index contributed by atoms with van der Waals surface area (Å²) in [5.74, 6) is -5.23. The van der Waals surface area contributed by atoms with Crippen molar-refractivity contribution >= 4 is 83.5 Å². The van der Waals surface area contributed by atoms with E-state index in [4.69, 9.17) is 28.4 Å².